The number of carbonyl (C=O) groups is 2. The van der Waals surface area contributed by atoms with Crippen molar-refractivity contribution in [3.8, 4) is 0 Å². The lowest BCUT2D eigenvalue weighted by molar-refractivity contribution is -0.149. The zero-order valence-electron chi connectivity index (χ0n) is 11.9. The summed E-state index contributed by atoms with van der Waals surface area (Å²) >= 11 is 0. The lowest BCUT2D eigenvalue weighted by Crippen LogP contribution is -2.11. The minimum absolute atomic E-state index is 0.0715. The SMILES string of the molecule is C=CCCCCOC(=O)CCC(=O)OCC=C(C)C. The predicted octanol–water partition coefficient (Wildman–Crippen LogP) is 3.18. The summed E-state index contributed by atoms with van der Waals surface area (Å²) in [5.74, 6) is -0.723. The van der Waals surface area contributed by atoms with Gasteiger partial charge in [0.1, 0.15) is 6.61 Å². The standard InChI is InChI=1S/C15H24O4/c1-4-5-6-7-11-18-14(16)8-9-15(17)19-12-10-13(2)3/h4,10H,1,5-9,11-12H2,2-3H3. The summed E-state index contributed by atoms with van der Waals surface area (Å²) in [5, 5.41) is 0. The van der Waals surface area contributed by atoms with Gasteiger partial charge in [0.15, 0.2) is 0 Å². The minimum atomic E-state index is -0.374. The molecule has 0 aromatic rings. The molecule has 0 amide bonds. The van der Waals surface area contributed by atoms with Crippen LogP contribution in [-0.2, 0) is 19.1 Å². The number of rotatable bonds is 10. The minimum Gasteiger partial charge on any atom is -0.466 e. The second-order valence-corrected chi connectivity index (χ2v) is 4.47. The highest BCUT2D eigenvalue weighted by Gasteiger charge is 2.08. The molecule has 0 saturated carbocycles. The van der Waals surface area contributed by atoms with Gasteiger partial charge in [-0.15, -0.1) is 6.58 Å². The van der Waals surface area contributed by atoms with Crippen molar-refractivity contribution in [3.63, 3.8) is 0 Å². The van der Waals surface area contributed by atoms with Crippen molar-refractivity contribution >= 4 is 11.9 Å². The Balaban J connectivity index is 3.53. The van der Waals surface area contributed by atoms with Gasteiger partial charge in [-0.2, -0.15) is 0 Å². The van der Waals surface area contributed by atoms with Crippen LogP contribution in [0.4, 0.5) is 0 Å². The van der Waals surface area contributed by atoms with Gasteiger partial charge in [-0.05, 0) is 39.2 Å². The third-order valence-electron chi connectivity index (χ3n) is 2.33. The highest BCUT2D eigenvalue weighted by Crippen LogP contribution is 2.00. The smallest absolute Gasteiger partial charge is 0.306 e. The maximum atomic E-state index is 11.3. The Morgan fingerprint density at radius 1 is 1.05 bits per heavy atom. The molecule has 0 spiro atoms. The van der Waals surface area contributed by atoms with Gasteiger partial charge in [-0.3, -0.25) is 9.59 Å². The van der Waals surface area contributed by atoms with Crippen molar-refractivity contribution in [2.75, 3.05) is 13.2 Å². The molecule has 19 heavy (non-hydrogen) atoms. The molecule has 0 aliphatic carbocycles. The molecule has 4 heteroatoms. The third-order valence-corrected chi connectivity index (χ3v) is 2.33. The molecule has 0 N–H and O–H groups in total. The molecular weight excluding hydrogens is 244 g/mol. The highest BCUT2D eigenvalue weighted by atomic mass is 16.5. The zero-order chi connectivity index (χ0) is 14.5. The second kappa shape index (κ2) is 11.5. The van der Waals surface area contributed by atoms with Crippen molar-refractivity contribution in [1.29, 1.82) is 0 Å². The van der Waals surface area contributed by atoms with Gasteiger partial charge in [0.25, 0.3) is 0 Å². The Hall–Kier alpha value is -1.58. The Labute approximate surface area is 115 Å². The van der Waals surface area contributed by atoms with Crippen LogP contribution in [0.3, 0.4) is 0 Å². The normalized spacial score (nSPS) is 9.58. The van der Waals surface area contributed by atoms with E-state index in [1.165, 1.54) is 0 Å². The molecule has 0 aliphatic rings. The van der Waals surface area contributed by atoms with E-state index in [0.717, 1.165) is 24.8 Å². The third kappa shape index (κ3) is 12.7. The Bertz CT molecular complexity index is 314. The lowest BCUT2D eigenvalue weighted by atomic mass is 10.2. The molecule has 0 aromatic heterocycles. The van der Waals surface area contributed by atoms with Crippen LogP contribution in [0.15, 0.2) is 24.3 Å². The fourth-order valence-corrected chi connectivity index (χ4v) is 1.23. The van der Waals surface area contributed by atoms with Crippen LogP contribution < -0.4 is 0 Å². The van der Waals surface area contributed by atoms with Gasteiger partial charge in [-0.25, -0.2) is 0 Å². The van der Waals surface area contributed by atoms with E-state index in [1.54, 1.807) is 0 Å². The van der Waals surface area contributed by atoms with Gasteiger partial charge in [0.05, 0.1) is 19.4 Å². The van der Waals surface area contributed by atoms with Gasteiger partial charge >= 0.3 is 11.9 Å². The van der Waals surface area contributed by atoms with Gasteiger partial charge < -0.3 is 9.47 Å². The second-order valence-electron chi connectivity index (χ2n) is 4.47. The Morgan fingerprint density at radius 3 is 2.26 bits per heavy atom. The van der Waals surface area contributed by atoms with Gasteiger partial charge in [0.2, 0.25) is 0 Å². The number of allylic oxidation sites excluding steroid dienone is 2. The van der Waals surface area contributed by atoms with Crippen LogP contribution in [0.2, 0.25) is 0 Å². The maximum absolute atomic E-state index is 11.3. The fraction of sp³-hybridized carbons (Fsp3) is 0.600. The predicted molar refractivity (Wildman–Crippen MR) is 74.6 cm³/mol. The van der Waals surface area contributed by atoms with Crippen LogP contribution in [0.5, 0.6) is 0 Å². The molecule has 0 saturated heterocycles. The highest BCUT2D eigenvalue weighted by molar-refractivity contribution is 5.77. The number of carbonyl (C=O) groups excluding carboxylic acids is 2. The Kier molecular flexibility index (Phi) is 10.6. The van der Waals surface area contributed by atoms with E-state index in [9.17, 15) is 9.59 Å². The van der Waals surface area contributed by atoms with Crippen molar-refractivity contribution in [2.24, 2.45) is 0 Å². The van der Waals surface area contributed by atoms with Crippen molar-refractivity contribution in [3.05, 3.63) is 24.3 Å². The van der Waals surface area contributed by atoms with Crippen LogP contribution in [0.1, 0.15) is 46.0 Å². The van der Waals surface area contributed by atoms with E-state index < -0.39 is 0 Å². The quantitative estimate of drug-likeness (QED) is 0.347. The van der Waals surface area contributed by atoms with Crippen molar-refractivity contribution < 1.29 is 19.1 Å². The van der Waals surface area contributed by atoms with Crippen LogP contribution in [0, 0.1) is 0 Å². The molecule has 0 atom stereocenters. The van der Waals surface area contributed by atoms with Crippen molar-refractivity contribution in [1.82, 2.24) is 0 Å². The summed E-state index contributed by atoms with van der Waals surface area (Å²) in [6, 6.07) is 0. The zero-order valence-corrected chi connectivity index (χ0v) is 11.9. The van der Waals surface area contributed by atoms with E-state index in [4.69, 9.17) is 9.47 Å². The summed E-state index contributed by atoms with van der Waals surface area (Å²) in [6.45, 7) is 8.13. The van der Waals surface area contributed by atoms with E-state index in [0.29, 0.717) is 6.61 Å². The van der Waals surface area contributed by atoms with E-state index in [2.05, 4.69) is 6.58 Å². The average molecular weight is 268 g/mol. The monoisotopic (exact) mass is 268 g/mol. The number of unbranched alkanes of at least 4 members (excludes halogenated alkanes) is 2. The number of esters is 2. The summed E-state index contributed by atoms with van der Waals surface area (Å²) in [4.78, 5) is 22.6. The van der Waals surface area contributed by atoms with Gasteiger partial charge in [-0.1, -0.05) is 11.6 Å². The molecule has 0 fully saturated rings. The molecular formula is C15H24O4. The number of hydrogen-bond acceptors (Lipinski definition) is 4. The van der Waals surface area contributed by atoms with E-state index in [-0.39, 0.29) is 31.4 Å². The van der Waals surface area contributed by atoms with Crippen LogP contribution >= 0.6 is 0 Å². The first kappa shape index (κ1) is 17.4. The molecule has 0 rings (SSSR count). The number of hydrogen-bond donors (Lipinski definition) is 0. The molecule has 4 nitrogen and oxygen atoms in total. The molecule has 0 unspecified atom stereocenters. The summed E-state index contributed by atoms with van der Waals surface area (Å²) < 4.78 is 9.92. The van der Waals surface area contributed by atoms with E-state index >= 15 is 0 Å². The number of ether oxygens (including phenoxy) is 2. The first-order chi connectivity index (χ1) is 9.06. The summed E-state index contributed by atoms with van der Waals surface area (Å²) in [6.07, 6.45) is 6.51. The lowest BCUT2D eigenvalue weighted by Gasteiger charge is -2.04. The fourth-order valence-electron chi connectivity index (χ4n) is 1.23. The molecule has 0 bridgehead atoms. The van der Waals surface area contributed by atoms with E-state index in [1.807, 2.05) is 26.0 Å². The van der Waals surface area contributed by atoms with Crippen LogP contribution in [-0.4, -0.2) is 25.2 Å². The molecule has 0 aromatic carbocycles. The largest absolute Gasteiger partial charge is 0.466 e. The van der Waals surface area contributed by atoms with Crippen LogP contribution in [0.25, 0.3) is 0 Å². The molecule has 0 aliphatic heterocycles. The first-order valence-corrected chi connectivity index (χ1v) is 6.61. The molecule has 108 valence electrons. The average Bonchev–Trinajstić information content (AvgIpc) is 2.35. The molecule has 0 heterocycles. The topological polar surface area (TPSA) is 52.6 Å². The summed E-state index contributed by atoms with van der Waals surface area (Å²) in [5.41, 5.74) is 1.09. The Morgan fingerprint density at radius 2 is 1.68 bits per heavy atom. The van der Waals surface area contributed by atoms with Crippen molar-refractivity contribution in [2.45, 2.75) is 46.0 Å². The molecule has 0 radical (unpaired) electrons. The van der Waals surface area contributed by atoms with Gasteiger partial charge in [0, 0.05) is 0 Å². The summed E-state index contributed by atoms with van der Waals surface area (Å²) in [7, 11) is 0. The maximum Gasteiger partial charge on any atom is 0.306 e. The first-order valence-electron chi connectivity index (χ1n) is 6.61.